The zero-order valence-electron chi connectivity index (χ0n) is 7.15. The third kappa shape index (κ3) is 1.16. The average Bonchev–Trinajstić information content (AvgIpc) is 2.34. The second-order valence-corrected chi connectivity index (χ2v) is 2.88. The summed E-state index contributed by atoms with van der Waals surface area (Å²) in [6.07, 6.45) is 0.323. The predicted octanol–water partition coefficient (Wildman–Crippen LogP) is 0.213. The lowest BCUT2D eigenvalue weighted by molar-refractivity contribution is 0.0775. The number of nitrogens with zero attached hydrogens (tertiary/aromatic N) is 3. The van der Waals surface area contributed by atoms with Crippen molar-refractivity contribution in [3.05, 3.63) is 5.89 Å². The Labute approximate surface area is 70.3 Å². The van der Waals surface area contributed by atoms with E-state index in [1.807, 2.05) is 4.90 Å². The topological polar surface area (TPSA) is 51.4 Å². The third-order valence-corrected chi connectivity index (χ3v) is 1.98. The van der Waals surface area contributed by atoms with Gasteiger partial charge in [-0.3, -0.25) is 0 Å². The molecule has 5 nitrogen and oxygen atoms in total. The molecular weight excluding hydrogens is 158 g/mol. The van der Waals surface area contributed by atoms with Gasteiger partial charge < -0.3 is 14.2 Å². The quantitative estimate of drug-likeness (QED) is 0.633. The summed E-state index contributed by atoms with van der Waals surface area (Å²) >= 11 is 0. The molecule has 0 atom stereocenters. The van der Waals surface area contributed by atoms with Crippen LogP contribution in [0.3, 0.4) is 0 Å². The molecule has 0 saturated carbocycles. The molecular formula is C7H11N3O2. The highest BCUT2D eigenvalue weighted by Crippen LogP contribution is 2.17. The van der Waals surface area contributed by atoms with E-state index in [0.717, 1.165) is 13.1 Å². The van der Waals surface area contributed by atoms with Gasteiger partial charge in [0.25, 0.3) is 5.95 Å². The number of methoxy groups -OCH3 is 1. The summed E-state index contributed by atoms with van der Waals surface area (Å²) in [5.41, 5.74) is 0. The van der Waals surface area contributed by atoms with Gasteiger partial charge in [-0.1, -0.05) is 0 Å². The van der Waals surface area contributed by atoms with Gasteiger partial charge in [0.1, 0.15) is 0 Å². The number of hydrogen-bond acceptors (Lipinski definition) is 5. The van der Waals surface area contributed by atoms with Crippen LogP contribution in [0, 0.1) is 6.92 Å². The van der Waals surface area contributed by atoms with Gasteiger partial charge in [0.15, 0.2) is 0 Å². The lowest BCUT2D eigenvalue weighted by Crippen LogP contribution is -2.52. The minimum atomic E-state index is 0.323. The van der Waals surface area contributed by atoms with Gasteiger partial charge >= 0.3 is 0 Å². The monoisotopic (exact) mass is 169 g/mol. The van der Waals surface area contributed by atoms with Crippen molar-refractivity contribution in [1.82, 2.24) is 10.1 Å². The molecule has 0 radical (unpaired) electrons. The van der Waals surface area contributed by atoms with Gasteiger partial charge in [-0.05, 0) is 5.16 Å². The lowest BCUT2D eigenvalue weighted by atomic mass is 10.2. The maximum atomic E-state index is 5.12. The first-order valence-corrected chi connectivity index (χ1v) is 3.87. The number of ether oxygens (including phenoxy) is 1. The Hall–Kier alpha value is -1.10. The first-order valence-electron chi connectivity index (χ1n) is 3.87. The van der Waals surface area contributed by atoms with Crippen molar-refractivity contribution >= 4 is 5.95 Å². The molecule has 1 aromatic heterocycles. The van der Waals surface area contributed by atoms with Crippen molar-refractivity contribution in [2.45, 2.75) is 13.0 Å². The smallest absolute Gasteiger partial charge is 0.266 e. The maximum absolute atomic E-state index is 5.12. The Balaban J connectivity index is 1.96. The lowest BCUT2D eigenvalue weighted by Gasteiger charge is -2.36. The van der Waals surface area contributed by atoms with Crippen molar-refractivity contribution in [3.8, 4) is 0 Å². The van der Waals surface area contributed by atoms with Crippen molar-refractivity contribution < 1.29 is 9.26 Å². The van der Waals surface area contributed by atoms with Crippen LogP contribution in [0.5, 0.6) is 0 Å². The van der Waals surface area contributed by atoms with E-state index >= 15 is 0 Å². The van der Waals surface area contributed by atoms with E-state index in [1.54, 1.807) is 14.0 Å². The van der Waals surface area contributed by atoms with Crippen LogP contribution in [0.15, 0.2) is 4.52 Å². The number of aromatic nitrogens is 2. The molecule has 5 heteroatoms. The van der Waals surface area contributed by atoms with Crippen LogP contribution in [-0.2, 0) is 4.74 Å². The standard InChI is InChI=1S/C7H11N3O2/c1-5-8-7(9-12-5)10-3-6(4-10)11-2/h6H,3-4H2,1-2H3. The molecule has 0 amide bonds. The van der Waals surface area contributed by atoms with Crippen LogP contribution in [-0.4, -0.2) is 36.4 Å². The van der Waals surface area contributed by atoms with E-state index in [-0.39, 0.29) is 0 Å². The number of aryl methyl sites for hydroxylation is 1. The molecule has 0 aromatic carbocycles. The fourth-order valence-electron chi connectivity index (χ4n) is 1.17. The summed E-state index contributed by atoms with van der Waals surface area (Å²) in [5, 5.41) is 3.79. The highest BCUT2D eigenvalue weighted by molar-refractivity contribution is 5.32. The molecule has 12 heavy (non-hydrogen) atoms. The summed E-state index contributed by atoms with van der Waals surface area (Å²) < 4.78 is 9.96. The molecule has 1 saturated heterocycles. The second-order valence-electron chi connectivity index (χ2n) is 2.88. The summed E-state index contributed by atoms with van der Waals surface area (Å²) in [4.78, 5) is 6.11. The van der Waals surface area contributed by atoms with E-state index in [0.29, 0.717) is 17.9 Å². The van der Waals surface area contributed by atoms with Crippen LogP contribution in [0.25, 0.3) is 0 Å². The van der Waals surface area contributed by atoms with E-state index < -0.39 is 0 Å². The minimum absolute atomic E-state index is 0.323. The van der Waals surface area contributed by atoms with Gasteiger partial charge in [-0.25, -0.2) is 0 Å². The molecule has 0 N–H and O–H groups in total. The largest absolute Gasteiger partial charge is 0.378 e. The van der Waals surface area contributed by atoms with Gasteiger partial charge in [0.05, 0.1) is 6.10 Å². The van der Waals surface area contributed by atoms with Gasteiger partial charge in [-0.15, -0.1) is 0 Å². The maximum Gasteiger partial charge on any atom is 0.266 e. The first kappa shape index (κ1) is 7.54. The molecule has 2 heterocycles. The van der Waals surface area contributed by atoms with Crippen molar-refractivity contribution in [2.24, 2.45) is 0 Å². The summed E-state index contributed by atoms with van der Waals surface area (Å²) in [5.74, 6) is 1.27. The van der Waals surface area contributed by atoms with E-state index in [1.165, 1.54) is 0 Å². The molecule has 1 fully saturated rings. The van der Waals surface area contributed by atoms with Crippen LogP contribution in [0.4, 0.5) is 5.95 Å². The highest BCUT2D eigenvalue weighted by Gasteiger charge is 2.29. The SMILES string of the molecule is COC1CN(c2noc(C)n2)C1. The molecule has 66 valence electrons. The Bertz CT molecular complexity index is 267. The zero-order valence-corrected chi connectivity index (χ0v) is 7.15. The molecule has 0 spiro atoms. The number of rotatable bonds is 2. The Morgan fingerprint density at radius 1 is 1.58 bits per heavy atom. The molecule has 0 unspecified atom stereocenters. The average molecular weight is 169 g/mol. The van der Waals surface area contributed by atoms with Crippen LogP contribution < -0.4 is 4.90 Å². The highest BCUT2D eigenvalue weighted by atomic mass is 16.5. The first-order chi connectivity index (χ1) is 5.79. The van der Waals surface area contributed by atoms with Crippen molar-refractivity contribution in [3.63, 3.8) is 0 Å². The van der Waals surface area contributed by atoms with Crippen LogP contribution in [0.2, 0.25) is 0 Å². The molecule has 1 aliphatic heterocycles. The zero-order chi connectivity index (χ0) is 8.55. The van der Waals surface area contributed by atoms with E-state index in [2.05, 4.69) is 10.1 Å². The van der Waals surface area contributed by atoms with E-state index in [4.69, 9.17) is 9.26 Å². The molecule has 0 aliphatic carbocycles. The Morgan fingerprint density at radius 3 is 2.83 bits per heavy atom. The van der Waals surface area contributed by atoms with Crippen molar-refractivity contribution in [2.75, 3.05) is 25.1 Å². The van der Waals surface area contributed by atoms with Crippen LogP contribution >= 0.6 is 0 Å². The minimum Gasteiger partial charge on any atom is -0.378 e. The Morgan fingerprint density at radius 2 is 2.33 bits per heavy atom. The number of hydrogen-bond donors (Lipinski definition) is 0. The van der Waals surface area contributed by atoms with E-state index in [9.17, 15) is 0 Å². The molecule has 1 aliphatic rings. The van der Waals surface area contributed by atoms with Crippen molar-refractivity contribution in [1.29, 1.82) is 0 Å². The predicted molar refractivity (Wildman–Crippen MR) is 42.0 cm³/mol. The normalized spacial score (nSPS) is 18.0. The summed E-state index contributed by atoms with van der Waals surface area (Å²) in [7, 11) is 1.71. The molecule has 0 bridgehead atoms. The molecule has 1 aromatic rings. The summed E-state index contributed by atoms with van der Waals surface area (Å²) in [6.45, 7) is 3.50. The van der Waals surface area contributed by atoms with Gasteiger partial charge in [0.2, 0.25) is 5.89 Å². The fraction of sp³-hybridized carbons (Fsp3) is 0.714. The molecule has 2 rings (SSSR count). The third-order valence-electron chi connectivity index (χ3n) is 1.98. The fourth-order valence-corrected chi connectivity index (χ4v) is 1.17. The van der Waals surface area contributed by atoms with Crippen LogP contribution in [0.1, 0.15) is 5.89 Å². The van der Waals surface area contributed by atoms with Gasteiger partial charge in [-0.2, -0.15) is 4.98 Å². The van der Waals surface area contributed by atoms with Gasteiger partial charge in [0, 0.05) is 27.1 Å². The Kier molecular flexibility index (Phi) is 1.73. The number of anilines is 1. The summed E-state index contributed by atoms with van der Waals surface area (Å²) in [6, 6.07) is 0. The second kappa shape index (κ2) is 2.75.